The van der Waals surface area contributed by atoms with E-state index in [1.165, 1.54) is 13.8 Å². The number of carbonyl (C=O) groups is 1. The Labute approximate surface area is 195 Å². The van der Waals surface area contributed by atoms with Crippen LogP contribution in [0, 0.1) is 29.1 Å². The predicted molar refractivity (Wildman–Crippen MR) is 102 cm³/mol. The number of hydrogen-bond donors (Lipinski definition) is 2. The Morgan fingerprint density at radius 1 is 0.914 bits per heavy atom. The first-order chi connectivity index (χ1) is 15.5. The first-order valence-electron chi connectivity index (χ1n) is 10.5. The minimum atomic E-state index is -5.93. The van der Waals surface area contributed by atoms with E-state index < -0.39 is 82.1 Å². The SMILES string of the molecule is CC(C)(COCC(F)(F)S(=O)(=O)O)C(=O)OCC1CC2CC(CC(O)(C(F)(F)F)C(F)(F)F)C1C2. The Kier molecular flexibility index (Phi) is 8.18. The second-order valence-electron chi connectivity index (χ2n) is 9.90. The molecule has 0 heterocycles. The van der Waals surface area contributed by atoms with Crippen LogP contribution in [0.5, 0.6) is 0 Å². The van der Waals surface area contributed by atoms with Crippen LogP contribution < -0.4 is 0 Å². The number of carbonyl (C=O) groups excluding carboxylic acids is 1. The van der Waals surface area contributed by atoms with Gasteiger partial charge in [-0.2, -0.15) is 43.5 Å². The van der Waals surface area contributed by atoms with Crippen molar-refractivity contribution in [2.24, 2.45) is 29.1 Å². The third kappa shape index (κ3) is 6.36. The van der Waals surface area contributed by atoms with E-state index in [0.29, 0.717) is 12.8 Å². The van der Waals surface area contributed by atoms with Crippen molar-refractivity contribution in [3.63, 3.8) is 0 Å². The van der Waals surface area contributed by atoms with Gasteiger partial charge in [0.25, 0.3) is 5.60 Å². The Bertz CT molecular complexity index is 871. The fraction of sp³-hybridized carbons (Fsp3) is 0.947. The van der Waals surface area contributed by atoms with E-state index in [1.54, 1.807) is 0 Å². The highest BCUT2D eigenvalue weighted by Gasteiger charge is 2.71. The van der Waals surface area contributed by atoms with Crippen molar-refractivity contribution in [1.82, 2.24) is 0 Å². The monoisotopic (exact) mass is 550 g/mol. The average molecular weight is 550 g/mol. The fourth-order valence-electron chi connectivity index (χ4n) is 4.78. The summed E-state index contributed by atoms with van der Waals surface area (Å²) in [5.74, 6) is -3.50. The molecule has 206 valence electrons. The first-order valence-corrected chi connectivity index (χ1v) is 11.9. The van der Waals surface area contributed by atoms with E-state index in [4.69, 9.17) is 9.29 Å². The van der Waals surface area contributed by atoms with Crippen molar-refractivity contribution in [3.05, 3.63) is 0 Å². The van der Waals surface area contributed by atoms with Crippen LogP contribution >= 0.6 is 0 Å². The molecule has 4 atom stereocenters. The summed E-state index contributed by atoms with van der Waals surface area (Å²) in [6.07, 6.45) is -12.6. The Morgan fingerprint density at radius 3 is 1.89 bits per heavy atom. The molecular weight excluding hydrogens is 524 g/mol. The molecule has 0 aromatic rings. The molecule has 0 amide bonds. The molecule has 7 nitrogen and oxygen atoms in total. The molecule has 0 spiro atoms. The number of rotatable bonds is 10. The molecule has 0 aliphatic heterocycles. The maximum absolute atomic E-state index is 13.2. The van der Waals surface area contributed by atoms with Gasteiger partial charge in [-0.05, 0) is 63.2 Å². The lowest BCUT2D eigenvalue weighted by Gasteiger charge is -2.38. The molecule has 2 saturated carbocycles. The number of alkyl halides is 8. The van der Waals surface area contributed by atoms with Crippen molar-refractivity contribution in [2.45, 2.75) is 62.7 Å². The lowest BCUT2D eigenvalue weighted by Crippen LogP contribution is -2.58. The highest BCUT2D eigenvalue weighted by atomic mass is 32.2. The second-order valence-corrected chi connectivity index (χ2v) is 11.5. The molecule has 2 fully saturated rings. The zero-order valence-electron chi connectivity index (χ0n) is 18.6. The average Bonchev–Trinajstić information content (AvgIpc) is 3.22. The molecule has 4 unspecified atom stereocenters. The molecule has 0 aromatic heterocycles. The summed E-state index contributed by atoms with van der Waals surface area (Å²) >= 11 is 0. The summed E-state index contributed by atoms with van der Waals surface area (Å²) in [6.45, 7) is -0.384. The van der Waals surface area contributed by atoms with Gasteiger partial charge in [0.15, 0.2) is 0 Å². The van der Waals surface area contributed by atoms with Gasteiger partial charge in [-0.1, -0.05) is 0 Å². The van der Waals surface area contributed by atoms with Gasteiger partial charge >= 0.3 is 33.7 Å². The largest absolute Gasteiger partial charge is 0.465 e. The molecule has 2 N–H and O–H groups in total. The maximum Gasteiger partial charge on any atom is 0.426 e. The summed E-state index contributed by atoms with van der Waals surface area (Å²) in [5, 5.41) is 4.91. The third-order valence-corrected chi connectivity index (χ3v) is 7.55. The summed E-state index contributed by atoms with van der Waals surface area (Å²) in [6, 6.07) is 0. The van der Waals surface area contributed by atoms with Crippen LogP contribution in [0.3, 0.4) is 0 Å². The minimum Gasteiger partial charge on any atom is -0.465 e. The lowest BCUT2D eigenvalue weighted by molar-refractivity contribution is -0.373. The molecule has 16 heteroatoms. The van der Waals surface area contributed by atoms with Crippen molar-refractivity contribution >= 4 is 16.1 Å². The Balaban J connectivity index is 1.96. The number of aliphatic hydroxyl groups is 1. The molecule has 2 rings (SSSR count). The smallest absolute Gasteiger partial charge is 0.426 e. The quantitative estimate of drug-likeness (QED) is 0.241. The van der Waals surface area contributed by atoms with Crippen molar-refractivity contribution in [3.8, 4) is 0 Å². The van der Waals surface area contributed by atoms with Crippen LogP contribution in [-0.2, 0) is 24.4 Å². The van der Waals surface area contributed by atoms with E-state index in [-0.39, 0.29) is 18.9 Å². The predicted octanol–water partition coefficient (Wildman–Crippen LogP) is 3.96. The van der Waals surface area contributed by atoms with Gasteiger partial charge in [-0.15, -0.1) is 0 Å². The molecule has 2 aliphatic rings. The fourth-order valence-corrected chi connectivity index (χ4v) is 5.02. The van der Waals surface area contributed by atoms with Crippen molar-refractivity contribution < 1.29 is 67.5 Å². The molecule has 0 radical (unpaired) electrons. The normalized spacial score (nSPS) is 26.3. The van der Waals surface area contributed by atoms with E-state index in [2.05, 4.69) is 4.74 Å². The zero-order chi connectivity index (χ0) is 27.3. The Hall–Kier alpha value is -1.26. The van der Waals surface area contributed by atoms with E-state index in [9.17, 15) is 53.4 Å². The number of ether oxygens (including phenoxy) is 2. The highest BCUT2D eigenvalue weighted by molar-refractivity contribution is 7.86. The second kappa shape index (κ2) is 9.56. The van der Waals surface area contributed by atoms with E-state index in [1.807, 2.05) is 0 Å². The van der Waals surface area contributed by atoms with Crippen LogP contribution in [-0.4, -0.2) is 67.1 Å². The molecule has 2 bridgehead atoms. The van der Waals surface area contributed by atoms with Crippen LogP contribution in [0.4, 0.5) is 35.1 Å². The van der Waals surface area contributed by atoms with Gasteiger partial charge in [-0.25, -0.2) is 0 Å². The highest BCUT2D eigenvalue weighted by Crippen LogP contribution is 2.57. The minimum absolute atomic E-state index is 0.0604. The standard InChI is InChI=1S/C19H26F8O7S/c1-15(2,8-33-9-17(20,21)35(30,31)32)14(28)34-7-12-4-10-3-11(13(12)5-10)6-16(29,18(22,23)24)19(25,26)27/h10-13,29H,3-9H2,1-2H3,(H,30,31,32). The Morgan fingerprint density at radius 2 is 1.43 bits per heavy atom. The zero-order valence-corrected chi connectivity index (χ0v) is 19.4. The molecular formula is C19H26F8O7S. The maximum atomic E-state index is 13.2. The molecule has 0 saturated heterocycles. The third-order valence-electron chi connectivity index (χ3n) is 6.68. The number of halogens is 8. The van der Waals surface area contributed by atoms with Crippen LogP contribution in [0.25, 0.3) is 0 Å². The summed E-state index contributed by atoms with van der Waals surface area (Å²) < 4.78 is 144. The van der Waals surface area contributed by atoms with Gasteiger partial charge in [0.05, 0.1) is 18.6 Å². The first kappa shape index (κ1) is 30.0. The van der Waals surface area contributed by atoms with Crippen LogP contribution in [0.15, 0.2) is 0 Å². The summed E-state index contributed by atoms with van der Waals surface area (Å²) in [5.41, 5.74) is -6.43. The van der Waals surface area contributed by atoms with Gasteiger partial charge < -0.3 is 14.6 Å². The van der Waals surface area contributed by atoms with Crippen LogP contribution in [0.2, 0.25) is 0 Å². The van der Waals surface area contributed by atoms with Gasteiger partial charge in [0.1, 0.15) is 6.61 Å². The molecule has 35 heavy (non-hydrogen) atoms. The molecule has 0 aromatic carbocycles. The van der Waals surface area contributed by atoms with Crippen LogP contribution in [0.1, 0.15) is 39.5 Å². The van der Waals surface area contributed by atoms with Gasteiger partial charge in [0, 0.05) is 0 Å². The summed E-state index contributed by atoms with van der Waals surface area (Å²) in [4.78, 5) is 12.4. The van der Waals surface area contributed by atoms with E-state index >= 15 is 0 Å². The molecule has 2 aliphatic carbocycles. The van der Waals surface area contributed by atoms with Gasteiger partial charge in [-0.3, -0.25) is 9.35 Å². The van der Waals surface area contributed by atoms with Crippen molar-refractivity contribution in [1.29, 1.82) is 0 Å². The van der Waals surface area contributed by atoms with E-state index in [0.717, 1.165) is 0 Å². The topological polar surface area (TPSA) is 110 Å². The van der Waals surface area contributed by atoms with Gasteiger partial charge in [0.2, 0.25) is 0 Å². The summed E-state index contributed by atoms with van der Waals surface area (Å²) in [7, 11) is -5.74. The number of fused-ring (bicyclic) bond motifs is 2. The number of esters is 1. The van der Waals surface area contributed by atoms with Crippen molar-refractivity contribution in [2.75, 3.05) is 19.8 Å². The number of hydrogen-bond acceptors (Lipinski definition) is 6. The lowest BCUT2D eigenvalue weighted by atomic mass is 9.75.